The summed E-state index contributed by atoms with van der Waals surface area (Å²) in [6.07, 6.45) is 0. The van der Waals surface area contributed by atoms with E-state index in [4.69, 9.17) is 34.8 Å². The zero-order valence-electron chi connectivity index (χ0n) is 7.72. The molecule has 2 nitrogen and oxygen atoms in total. The number of hydrogen-bond donors (Lipinski definition) is 0. The van der Waals surface area contributed by atoms with Crippen molar-refractivity contribution in [2.24, 2.45) is 0 Å². The summed E-state index contributed by atoms with van der Waals surface area (Å²) in [7, 11) is 0. The zero-order chi connectivity index (χ0) is 11.7. The maximum Gasteiger partial charge on any atom is 0.164 e. The van der Waals surface area contributed by atoms with Gasteiger partial charge >= 0.3 is 0 Å². The van der Waals surface area contributed by atoms with Crippen LogP contribution in [0.25, 0.3) is 11.4 Å². The number of nitrogens with zero attached hydrogens (tertiary/aromatic N) is 2. The fourth-order valence-electron chi connectivity index (χ4n) is 1.16. The van der Waals surface area contributed by atoms with Crippen LogP contribution < -0.4 is 0 Å². The van der Waals surface area contributed by atoms with Crippen molar-refractivity contribution >= 4 is 57.4 Å². The lowest BCUT2D eigenvalue weighted by atomic mass is 10.2. The molecular weight excluding hydrogens is 381 g/mol. The third-order valence-electron chi connectivity index (χ3n) is 1.89. The molecule has 0 N–H and O–H groups in total. The Morgan fingerprint density at radius 3 is 2.06 bits per heavy atom. The Balaban J connectivity index is 2.62. The average Bonchev–Trinajstić information content (AvgIpc) is 2.26. The molecule has 16 heavy (non-hydrogen) atoms. The Hall–Kier alpha value is -0.100. The van der Waals surface area contributed by atoms with E-state index < -0.39 is 0 Å². The third kappa shape index (κ3) is 2.42. The summed E-state index contributed by atoms with van der Waals surface area (Å²) in [6.45, 7) is 0. The lowest BCUT2D eigenvalue weighted by Crippen LogP contribution is -1.94. The van der Waals surface area contributed by atoms with E-state index in [2.05, 4.69) is 9.97 Å². The van der Waals surface area contributed by atoms with Crippen LogP contribution in [0.1, 0.15) is 0 Å². The van der Waals surface area contributed by atoms with Crippen molar-refractivity contribution in [3.63, 3.8) is 0 Å². The molecule has 0 saturated carbocycles. The molecule has 0 unspecified atom stereocenters. The van der Waals surface area contributed by atoms with E-state index in [1.165, 1.54) is 0 Å². The standard InChI is InChI=1S/C10H4Cl3IN2/c11-6-4-2-1-3-5(6)10-15-8(12)7(14)9(13)16-10/h1-4H. The van der Waals surface area contributed by atoms with Gasteiger partial charge in [-0.2, -0.15) is 0 Å². The molecule has 0 aliphatic heterocycles. The van der Waals surface area contributed by atoms with Gasteiger partial charge in [-0.25, -0.2) is 9.97 Å². The minimum absolute atomic E-state index is 0.329. The minimum Gasteiger partial charge on any atom is -0.215 e. The molecule has 0 spiro atoms. The van der Waals surface area contributed by atoms with Gasteiger partial charge in [-0.05, 0) is 34.7 Å². The second-order valence-electron chi connectivity index (χ2n) is 2.92. The highest BCUT2D eigenvalue weighted by Crippen LogP contribution is 2.29. The minimum atomic E-state index is 0.329. The van der Waals surface area contributed by atoms with E-state index in [0.717, 1.165) is 0 Å². The van der Waals surface area contributed by atoms with Gasteiger partial charge in [-0.15, -0.1) is 0 Å². The first-order valence-electron chi connectivity index (χ1n) is 4.23. The van der Waals surface area contributed by atoms with Gasteiger partial charge in [0.15, 0.2) is 5.82 Å². The molecule has 1 aromatic heterocycles. The van der Waals surface area contributed by atoms with Gasteiger partial charge in [-0.1, -0.05) is 46.9 Å². The van der Waals surface area contributed by atoms with Crippen LogP contribution in [0.2, 0.25) is 15.3 Å². The van der Waals surface area contributed by atoms with Crippen LogP contribution >= 0.6 is 57.4 Å². The Kier molecular flexibility index (Phi) is 3.89. The van der Waals surface area contributed by atoms with E-state index in [9.17, 15) is 0 Å². The van der Waals surface area contributed by atoms with E-state index in [0.29, 0.717) is 30.3 Å². The monoisotopic (exact) mass is 384 g/mol. The Labute approximate surface area is 121 Å². The van der Waals surface area contributed by atoms with Gasteiger partial charge < -0.3 is 0 Å². The molecule has 1 heterocycles. The van der Waals surface area contributed by atoms with Crippen molar-refractivity contribution in [2.75, 3.05) is 0 Å². The quantitative estimate of drug-likeness (QED) is 0.525. The number of aromatic nitrogens is 2. The van der Waals surface area contributed by atoms with Crippen molar-refractivity contribution in [3.05, 3.63) is 43.2 Å². The number of rotatable bonds is 1. The highest BCUT2D eigenvalue weighted by Gasteiger charge is 2.12. The van der Waals surface area contributed by atoms with Gasteiger partial charge in [-0.3, -0.25) is 0 Å². The van der Waals surface area contributed by atoms with E-state index in [1.54, 1.807) is 6.07 Å². The number of hydrogen-bond acceptors (Lipinski definition) is 2. The highest BCUT2D eigenvalue weighted by atomic mass is 127. The predicted octanol–water partition coefficient (Wildman–Crippen LogP) is 4.71. The molecule has 2 rings (SSSR count). The van der Waals surface area contributed by atoms with E-state index in [1.807, 2.05) is 40.8 Å². The summed E-state index contributed by atoms with van der Waals surface area (Å²) in [5.74, 6) is 0.431. The Bertz CT molecular complexity index is 522. The molecule has 6 heteroatoms. The van der Waals surface area contributed by atoms with Crippen LogP contribution in [0.5, 0.6) is 0 Å². The first kappa shape index (κ1) is 12.4. The SMILES string of the molecule is Clc1ccccc1-c1nc(Cl)c(I)c(Cl)n1. The molecule has 0 bridgehead atoms. The largest absolute Gasteiger partial charge is 0.215 e. The van der Waals surface area contributed by atoms with Crippen LogP contribution in [0.4, 0.5) is 0 Å². The van der Waals surface area contributed by atoms with Crippen LogP contribution in [0.15, 0.2) is 24.3 Å². The normalized spacial score (nSPS) is 10.5. The summed E-state index contributed by atoms with van der Waals surface area (Å²) in [5, 5.41) is 1.22. The molecule has 0 aliphatic carbocycles. The molecule has 0 radical (unpaired) electrons. The molecule has 1 aromatic carbocycles. The Morgan fingerprint density at radius 2 is 1.50 bits per heavy atom. The van der Waals surface area contributed by atoms with Crippen molar-refractivity contribution in [2.45, 2.75) is 0 Å². The lowest BCUT2D eigenvalue weighted by molar-refractivity contribution is 1.16. The first-order chi connectivity index (χ1) is 7.59. The van der Waals surface area contributed by atoms with Crippen LogP contribution in [-0.2, 0) is 0 Å². The summed E-state index contributed by atoms with van der Waals surface area (Å²) < 4.78 is 0.636. The Morgan fingerprint density at radius 1 is 0.938 bits per heavy atom. The van der Waals surface area contributed by atoms with E-state index >= 15 is 0 Å². The zero-order valence-corrected chi connectivity index (χ0v) is 12.1. The van der Waals surface area contributed by atoms with Crippen molar-refractivity contribution in [1.82, 2.24) is 9.97 Å². The summed E-state index contributed by atoms with van der Waals surface area (Å²) in [6, 6.07) is 7.27. The molecule has 0 atom stereocenters. The van der Waals surface area contributed by atoms with Crippen molar-refractivity contribution in [3.8, 4) is 11.4 Å². The molecule has 0 amide bonds. The highest BCUT2D eigenvalue weighted by molar-refractivity contribution is 14.1. The van der Waals surface area contributed by atoms with Gasteiger partial charge in [0.2, 0.25) is 0 Å². The maximum absolute atomic E-state index is 6.04. The molecule has 0 aliphatic rings. The third-order valence-corrected chi connectivity index (χ3v) is 4.42. The second-order valence-corrected chi connectivity index (χ2v) is 5.12. The topological polar surface area (TPSA) is 25.8 Å². The smallest absolute Gasteiger partial charge is 0.164 e. The van der Waals surface area contributed by atoms with Gasteiger partial charge in [0, 0.05) is 5.56 Å². The molecule has 0 saturated heterocycles. The van der Waals surface area contributed by atoms with Crippen LogP contribution in [-0.4, -0.2) is 9.97 Å². The van der Waals surface area contributed by atoms with Gasteiger partial charge in [0.25, 0.3) is 0 Å². The lowest BCUT2D eigenvalue weighted by Gasteiger charge is -2.05. The van der Waals surface area contributed by atoms with Gasteiger partial charge in [0.1, 0.15) is 10.3 Å². The van der Waals surface area contributed by atoms with Crippen molar-refractivity contribution in [1.29, 1.82) is 0 Å². The molecule has 2 aromatic rings. The van der Waals surface area contributed by atoms with Gasteiger partial charge in [0.05, 0.1) is 8.59 Å². The second kappa shape index (κ2) is 5.04. The fourth-order valence-corrected chi connectivity index (χ4v) is 2.01. The van der Waals surface area contributed by atoms with Crippen molar-refractivity contribution < 1.29 is 0 Å². The summed E-state index contributed by atoms with van der Waals surface area (Å²) >= 11 is 19.9. The first-order valence-corrected chi connectivity index (χ1v) is 6.44. The summed E-state index contributed by atoms with van der Waals surface area (Å²) in [5.41, 5.74) is 0.712. The van der Waals surface area contributed by atoms with Crippen LogP contribution in [0, 0.1) is 3.57 Å². The summed E-state index contributed by atoms with van der Waals surface area (Å²) in [4.78, 5) is 8.29. The van der Waals surface area contributed by atoms with Crippen LogP contribution in [0.3, 0.4) is 0 Å². The molecule has 82 valence electrons. The molecular formula is C10H4Cl3IN2. The average molecular weight is 385 g/mol. The fraction of sp³-hybridized carbons (Fsp3) is 0. The predicted molar refractivity (Wildman–Crippen MR) is 75.2 cm³/mol. The number of halogens is 4. The molecule has 0 fully saturated rings. The van der Waals surface area contributed by atoms with E-state index in [-0.39, 0.29) is 0 Å². The number of benzene rings is 1. The maximum atomic E-state index is 6.04.